The van der Waals surface area contributed by atoms with Crippen molar-refractivity contribution in [2.24, 2.45) is 0 Å². The number of anilines is 1. The predicted octanol–water partition coefficient (Wildman–Crippen LogP) is 0.613. The average molecular weight is 309 g/mol. The van der Waals surface area contributed by atoms with Crippen molar-refractivity contribution in [3.05, 3.63) is 5.01 Å². The number of rotatable bonds is 7. The summed E-state index contributed by atoms with van der Waals surface area (Å²) < 4.78 is 4.53. The topological polar surface area (TPSA) is 93.2 Å². The summed E-state index contributed by atoms with van der Waals surface area (Å²) in [4.78, 5) is 22.4. The van der Waals surface area contributed by atoms with Gasteiger partial charge in [-0.25, -0.2) is 0 Å². The second kappa shape index (κ2) is 9.65. The molecule has 1 heterocycles. The molecule has 9 heteroatoms. The maximum Gasteiger partial charge on any atom is 0.305 e. The monoisotopic (exact) mass is 308 g/mol. The number of nitrogens with zero attached hydrogens (tertiary/aromatic N) is 2. The molecule has 108 valence electrons. The quantitative estimate of drug-likeness (QED) is 0.717. The SMILES string of the molecule is CNCCC(=O)Nc1nnc(CCC(=O)OC)s1.Cl. The van der Waals surface area contributed by atoms with Gasteiger partial charge in [-0.3, -0.25) is 9.59 Å². The van der Waals surface area contributed by atoms with Gasteiger partial charge in [-0.1, -0.05) is 11.3 Å². The zero-order valence-corrected chi connectivity index (χ0v) is 12.4. The molecule has 0 saturated heterocycles. The number of methoxy groups -OCH3 is 1. The zero-order chi connectivity index (χ0) is 13.4. The number of ether oxygens (including phenoxy) is 1. The predicted molar refractivity (Wildman–Crippen MR) is 74.7 cm³/mol. The van der Waals surface area contributed by atoms with Crippen molar-refractivity contribution in [1.82, 2.24) is 15.5 Å². The average Bonchev–Trinajstić information content (AvgIpc) is 2.81. The molecule has 1 amide bonds. The number of halogens is 1. The molecule has 0 aliphatic rings. The molecule has 2 N–H and O–H groups in total. The summed E-state index contributed by atoms with van der Waals surface area (Å²) in [7, 11) is 3.12. The number of esters is 1. The number of carbonyl (C=O) groups is 2. The Kier molecular flexibility index (Phi) is 9.02. The molecular weight excluding hydrogens is 292 g/mol. The Bertz CT molecular complexity index is 413. The third kappa shape index (κ3) is 7.04. The molecule has 1 aromatic rings. The Balaban J connectivity index is 0.00000324. The highest BCUT2D eigenvalue weighted by atomic mass is 35.5. The molecule has 0 atom stereocenters. The van der Waals surface area contributed by atoms with E-state index in [2.05, 4.69) is 25.6 Å². The summed E-state index contributed by atoms with van der Waals surface area (Å²) >= 11 is 1.26. The minimum atomic E-state index is -0.287. The Morgan fingerprint density at radius 1 is 1.32 bits per heavy atom. The summed E-state index contributed by atoms with van der Waals surface area (Å²) in [5.41, 5.74) is 0. The number of aryl methyl sites for hydroxylation is 1. The van der Waals surface area contributed by atoms with E-state index in [1.54, 1.807) is 7.05 Å². The molecule has 0 unspecified atom stereocenters. The number of carbonyl (C=O) groups excluding carboxylic acids is 2. The van der Waals surface area contributed by atoms with E-state index in [9.17, 15) is 9.59 Å². The minimum Gasteiger partial charge on any atom is -0.469 e. The van der Waals surface area contributed by atoms with E-state index in [1.165, 1.54) is 18.4 Å². The van der Waals surface area contributed by atoms with Crippen molar-refractivity contribution < 1.29 is 14.3 Å². The van der Waals surface area contributed by atoms with E-state index in [4.69, 9.17) is 0 Å². The molecule has 19 heavy (non-hydrogen) atoms. The van der Waals surface area contributed by atoms with E-state index in [0.29, 0.717) is 29.5 Å². The molecule has 0 spiro atoms. The van der Waals surface area contributed by atoms with E-state index >= 15 is 0 Å². The van der Waals surface area contributed by atoms with Crippen LogP contribution in [0.4, 0.5) is 5.13 Å². The van der Waals surface area contributed by atoms with Crippen LogP contribution in [0.15, 0.2) is 0 Å². The fourth-order valence-electron chi connectivity index (χ4n) is 1.14. The molecule has 0 aliphatic heterocycles. The smallest absolute Gasteiger partial charge is 0.305 e. The fraction of sp³-hybridized carbons (Fsp3) is 0.600. The number of nitrogens with one attached hydrogen (secondary N) is 2. The van der Waals surface area contributed by atoms with Crippen LogP contribution in [-0.2, 0) is 20.7 Å². The van der Waals surface area contributed by atoms with Gasteiger partial charge in [0.1, 0.15) is 5.01 Å². The highest BCUT2D eigenvalue weighted by Crippen LogP contribution is 2.16. The lowest BCUT2D eigenvalue weighted by Gasteiger charge is -1.99. The van der Waals surface area contributed by atoms with Crippen LogP contribution in [0.5, 0.6) is 0 Å². The molecule has 0 saturated carbocycles. The molecule has 7 nitrogen and oxygen atoms in total. The Labute approximate surface area is 121 Å². The molecule has 0 fully saturated rings. The van der Waals surface area contributed by atoms with Crippen LogP contribution < -0.4 is 10.6 Å². The van der Waals surface area contributed by atoms with Gasteiger partial charge in [-0.15, -0.1) is 22.6 Å². The molecule has 1 rings (SSSR count). The van der Waals surface area contributed by atoms with Gasteiger partial charge in [0.25, 0.3) is 0 Å². The first-order valence-electron chi connectivity index (χ1n) is 5.49. The number of hydrogen-bond donors (Lipinski definition) is 2. The van der Waals surface area contributed by atoms with Crippen LogP contribution in [0.3, 0.4) is 0 Å². The largest absolute Gasteiger partial charge is 0.469 e. The van der Waals surface area contributed by atoms with Crippen molar-refractivity contribution in [1.29, 1.82) is 0 Å². The van der Waals surface area contributed by atoms with Crippen LogP contribution >= 0.6 is 23.7 Å². The maximum absolute atomic E-state index is 11.4. The first-order valence-corrected chi connectivity index (χ1v) is 6.31. The Morgan fingerprint density at radius 2 is 2.05 bits per heavy atom. The van der Waals surface area contributed by atoms with Crippen LogP contribution in [0.25, 0.3) is 0 Å². The molecule has 0 aliphatic carbocycles. The highest BCUT2D eigenvalue weighted by molar-refractivity contribution is 7.15. The standard InChI is InChI=1S/C10H16N4O3S.ClH/c1-11-6-5-7(15)12-10-14-13-8(18-10)3-4-9(16)17-2;/h11H,3-6H2,1-2H3,(H,12,14,15);1H. The summed E-state index contributed by atoms with van der Waals surface area (Å²) in [5, 5.41) is 14.4. The van der Waals surface area contributed by atoms with Crippen molar-refractivity contribution >= 4 is 40.8 Å². The normalized spacial score (nSPS) is 9.58. The lowest BCUT2D eigenvalue weighted by atomic mass is 10.3. The first-order chi connectivity index (χ1) is 8.65. The number of aromatic nitrogens is 2. The zero-order valence-electron chi connectivity index (χ0n) is 10.8. The van der Waals surface area contributed by atoms with Crippen molar-refractivity contribution in [3.8, 4) is 0 Å². The van der Waals surface area contributed by atoms with E-state index < -0.39 is 0 Å². The lowest BCUT2D eigenvalue weighted by molar-refractivity contribution is -0.140. The van der Waals surface area contributed by atoms with Gasteiger partial charge in [-0.05, 0) is 7.05 Å². The van der Waals surface area contributed by atoms with Gasteiger partial charge in [0, 0.05) is 19.4 Å². The third-order valence-electron chi connectivity index (χ3n) is 2.09. The van der Waals surface area contributed by atoms with E-state index in [1.807, 2.05) is 0 Å². The summed E-state index contributed by atoms with van der Waals surface area (Å²) in [5.74, 6) is -0.398. The highest BCUT2D eigenvalue weighted by Gasteiger charge is 2.09. The lowest BCUT2D eigenvalue weighted by Crippen LogP contribution is -2.18. The maximum atomic E-state index is 11.4. The van der Waals surface area contributed by atoms with Crippen molar-refractivity contribution in [2.75, 3.05) is 26.0 Å². The Hall–Kier alpha value is -1.25. The van der Waals surface area contributed by atoms with Gasteiger partial charge < -0.3 is 15.4 Å². The van der Waals surface area contributed by atoms with E-state index in [-0.39, 0.29) is 30.7 Å². The third-order valence-corrected chi connectivity index (χ3v) is 2.98. The van der Waals surface area contributed by atoms with Gasteiger partial charge in [0.05, 0.1) is 13.5 Å². The van der Waals surface area contributed by atoms with Crippen LogP contribution in [0.2, 0.25) is 0 Å². The van der Waals surface area contributed by atoms with Gasteiger partial charge >= 0.3 is 5.97 Å². The minimum absolute atomic E-state index is 0. The molecule has 0 radical (unpaired) electrons. The van der Waals surface area contributed by atoms with Crippen molar-refractivity contribution in [2.45, 2.75) is 19.3 Å². The van der Waals surface area contributed by atoms with Gasteiger partial charge in [0.15, 0.2) is 0 Å². The fourth-order valence-corrected chi connectivity index (χ4v) is 1.89. The first kappa shape index (κ1) is 17.8. The molecule has 0 aromatic carbocycles. The second-order valence-corrected chi connectivity index (χ2v) is 4.54. The molecule has 1 aromatic heterocycles. The summed E-state index contributed by atoms with van der Waals surface area (Å²) in [6.07, 6.45) is 1.11. The number of hydrogen-bond acceptors (Lipinski definition) is 7. The van der Waals surface area contributed by atoms with Gasteiger partial charge in [0.2, 0.25) is 11.0 Å². The molecule has 0 bridgehead atoms. The summed E-state index contributed by atoms with van der Waals surface area (Å²) in [6.45, 7) is 0.611. The summed E-state index contributed by atoms with van der Waals surface area (Å²) in [6, 6.07) is 0. The Morgan fingerprint density at radius 3 is 2.68 bits per heavy atom. The second-order valence-electron chi connectivity index (χ2n) is 3.48. The van der Waals surface area contributed by atoms with E-state index in [0.717, 1.165) is 0 Å². The molecular formula is C10H17ClN4O3S. The van der Waals surface area contributed by atoms with Crippen LogP contribution in [-0.4, -0.2) is 42.8 Å². The van der Waals surface area contributed by atoms with Crippen LogP contribution in [0.1, 0.15) is 17.8 Å². The van der Waals surface area contributed by atoms with Crippen molar-refractivity contribution in [3.63, 3.8) is 0 Å². The van der Waals surface area contributed by atoms with Gasteiger partial charge in [-0.2, -0.15) is 0 Å². The number of amides is 1. The van der Waals surface area contributed by atoms with Crippen LogP contribution in [0, 0.1) is 0 Å².